The Hall–Kier alpha value is -3.18. The Kier molecular flexibility index (Phi) is 6.86. The van der Waals surface area contributed by atoms with E-state index in [0.717, 1.165) is 50.6 Å². The smallest absolute Gasteiger partial charge is 0.253 e. The van der Waals surface area contributed by atoms with E-state index in [1.807, 2.05) is 29.2 Å². The van der Waals surface area contributed by atoms with Gasteiger partial charge in [-0.05, 0) is 62.9 Å². The average molecular weight is 434 g/mol. The Morgan fingerprint density at radius 3 is 2.44 bits per heavy atom. The first kappa shape index (κ1) is 22.0. The van der Waals surface area contributed by atoms with Crippen LogP contribution < -0.4 is 10.6 Å². The monoisotopic (exact) mass is 433 g/mol. The van der Waals surface area contributed by atoms with Gasteiger partial charge in [-0.1, -0.05) is 6.92 Å². The summed E-state index contributed by atoms with van der Waals surface area (Å²) in [5, 5.41) is 16.1. The van der Waals surface area contributed by atoms with Gasteiger partial charge in [-0.3, -0.25) is 4.79 Å². The van der Waals surface area contributed by atoms with Crippen LogP contribution >= 0.6 is 0 Å². The van der Waals surface area contributed by atoms with Gasteiger partial charge in [0.2, 0.25) is 0 Å². The van der Waals surface area contributed by atoms with Crippen molar-refractivity contribution in [2.24, 2.45) is 5.92 Å². The van der Waals surface area contributed by atoms with E-state index in [1.54, 1.807) is 6.20 Å². The van der Waals surface area contributed by atoms with Crippen LogP contribution in [0.1, 0.15) is 48.7 Å². The molecule has 32 heavy (non-hydrogen) atoms. The number of carbonyl (C=O) groups excluding carboxylic acids is 1. The third-order valence-electron chi connectivity index (χ3n) is 6.43. The molecule has 2 heterocycles. The first-order valence-electron chi connectivity index (χ1n) is 11.4. The van der Waals surface area contributed by atoms with Crippen molar-refractivity contribution in [2.75, 3.05) is 43.9 Å². The molecule has 8 nitrogen and oxygen atoms in total. The molecule has 2 fully saturated rings. The number of anilines is 3. The second-order valence-electron chi connectivity index (χ2n) is 8.96. The Morgan fingerprint density at radius 2 is 1.78 bits per heavy atom. The predicted octanol–water partition coefficient (Wildman–Crippen LogP) is 3.47. The lowest BCUT2D eigenvalue weighted by Gasteiger charge is -2.32. The summed E-state index contributed by atoms with van der Waals surface area (Å²) in [5.41, 5.74) is 1.66. The highest BCUT2D eigenvalue weighted by Gasteiger charge is 2.21. The van der Waals surface area contributed by atoms with E-state index in [9.17, 15) is 10.1 Å². The van der Waals surface area contributed by atoms with Gasteiger partial charge in [-0.25, -0.2) is 9.97 Å². The topological polar surface area (TPSA) is 97.2 Å². The van der Waals surface area contributed by atoms with Crippen LogP contribution in [-0.2, 0) is 0 Å². The molecule has 0 unspecified atom stereocenters. The van der Waals surface area contributed by atoms with Crippen molar-refractivity contribution in [1.29, 1.82) is 5.26 Å². The second kappa shape index (κ2) is 9.96. The lowest BCUT2D eigenvalue weighted by atomic mass is 9.87. The van der Waals surface area contributed by atoms with Crippen LogP contribution in [0, 0.1) is 17.2 Å². The van der Waals surface area contributed by atoms with Crippen molar-refractivity contribution >= 4 is 23.2 Å². The van der Waals surface area contributed by atoms with Gasteiger partial charge in [-0.15, -0.1) is 0 Å². The van der Waals surface area contributed by atoms with Crippen LogP contribution in [0.5, 0.6) is 0 Å². The Morgan fingerprint density at radius 1 is 1.09 bits per heavy atom. The molecule has 1 aromatic heterocycles. The molecule has 1 aliphatic carbocycles. The van der Waals surface area contributed by atoms with Gasteiger partial charge < -0.3 is 20.4 Å². The molecule has 1 amide bonds. The summed E-state index contributed by atoms with van der Waals surface area (Å²) in [6, 6.07) is 9.80. The third-order valence-corrected chi connectivity index (χ3v) is 6.43. The molecule has 2 aliphatic rings. The van der Waals surface area contributed by atoms with Crippen LogP contribution in [0.15, 0.2) is 30.5 Å². The summed E-state index contributed by atoms with van der Waals surface area (Å²) in [5.74, 6) is 1.92. The van der Waals surface area contributed by atoms with Crippen molar-refractivity contribution in [3.63, 3.8) is 0 Å². The van der Waals surface area contributed by atoms with Crippen LogP contribution in [0.3, 0.4) is 0 Å². The molecule has 1 aromatic carbocycles. The zero-order chi connectivity index (χ0) is 22.5. The number of rotatable bonds is 5. The minimum atomic E-state index is 0.0511. The summed E-state index contributed by atoms with van der Waals surface area (Å²) in [6.07, 6.45) is 6.29. The molecule has 2 N–H and O–H groups in total. The number of piperazine rings is 1. The number of nitrogens with zero attached hydrogens (tertiary/aromatic N) is 5. The summed E-state index contributed by atoms with van der Waals surface area (Å²) >= 11 is 0. The Labute approximate surface area is 189 Å². The molecule has 0 atom stereocenters. The minimum Gasteiger partial charge on any atom is -0.366 e. The van der Waals surface area contributed by atoms with Gasteiger partial charge in [-0.2, -0.15) is 5.26 Å². The van der Waals surface area contributed by atoms with Gasteiger partial charge in [0, 0.05) is 43.5 Å². The highest BCUT2D eigenvalue weighted by Crippen LogP contribution is 2.26. The first-order valence-corrected chi connectivity index (χ1v) is 11.4. The molecule has 1 aliphatic heterocycles. The van der Waals surface area contributed by atoms with Gasteiger partial charge in [0.15, 0.2) is 11.5 Å². The first-order chi connectivity index (χ1) is 15.5. The molecule has 1 saturated heterocycles. The van der Waals surface area contributed by atoms with Crippen LogP contribution in [-0.4, -0.2) is 64.9 Å². The molecule has 1 saturated carbocycles. The molecule has 4 rings (SSSR count). The number of aromatic nitrogens is 2. The fourth-order valence-electron chi connectivity index (χ4n) is 4.27. The molecular weight excluding hydrogens is 402 g/mol. The van der Waals surface area contributed by atoms with E-state index in [1.165, 1.54) is 12.8 Å². The fraction of sp³-hybridized carbons (Fsp3) is 0.500. The number of benzene rings is 1. The molecular formula is C24H31N7O. The van der Waals surface area contributed by atoms with Crippen molar-refractivity contribution in [3.8, 4) is 6.07 Å². The van der Waals surface area contributed by atoms with E-state index < -0.39 is 0 Å². The minimum absolute atomic E-state index is 0.0511. The van der Waals surface area contributed by atoms with Gasteiger partial charge in [0.1, 0.15) is 11.9 Å². The van der Waals surface area contributed by atoms with Crippen molar-refractivity contribution in [1.82, 2.24) is 19.8 Å². The van der Waals surface area contributed by atoms with Gasteiger partial charge >= 0.3 is 0 Å². The van der Waals surface area contributed by atoms with E-state index in [-0.39, 0.29) is 11.6 Å². The summed E-state index contributed by atoms with van der Waals surface area (Å²) < 4.78 is 0. The molecule has 8 heteroatoms. The van der Waals surface area contributed by atoms with Crippen molar-refractivity contribution in [3.05, 3.63) is 41.7 Å². The fourth-order valence-corrected chi connectivity index (χ4v) is 4.27. The average Bonchev–Trinajstić information content (AvgIpc) is 2.81. The van der Waals surface area contributed by atoms with Crippen molar-refractivity contribution in [2.45, 2.75) is 38.6 Å². The Bertz CT molecular complexity index is 969. The second-order valence-corrected chi connectivity index (χ2v) is 8.96. The van der Waals surface area contributed by atoms with E-state index in [4.69, 9.17) is 0 Å². The number of likely N-dealkylation sites (N-methyl/N-ethyl adjacent to an activating group) is 1. The van der Waals surface area contributed by atoms with E-state index in [2.05, 4.69) is 45.5 Å². The zero-order valence-corrected chi connectivity index (χ0v) is 18.8. The molecule has 0 radical (unpaired) electrons. The molecule has 2 aromatic rings. The molecule has 168 valence electrons. The lowest BCUT2D eigenvalue weighted by molar-refractivity contribution is 0.0664. The highest BCUT2D eigenvalue weighted by molar-refractivity contribution is 5.94. The largest absolute Gasteiger partial charge is 0.366 e. The number of nitriles is 1. The lowest BCUT2D eigenvalue weighted by Crippen LogP contribution is -2.47. The number of hydrogen-bond donors (Lipinski definition) is 2. The highest BCUT2D eigenvalue weighted by atomic mass is 16.2. The number of carbonyl (C=O) groups is 1. The standard InChI is InChI=1S/C24H31N7O/c1-17-3-7-19(8-4-17)27-22-16-26-21(15-25)23(29-22)28-20-9-5-18(6-10-20)24(32)31-13-11-30(2)12-14-31/h5-6,9-10,16-17,19H,3-4,7-8,11-14H2,1-2H3,(H2,27,28,29). The van der Waals surface area contributed by atoms with E-state index in [0.29, 0.717) is 23.2 Å². The molecule has 0 spiro atoms. The van der Waals surface area contributed by atoms with Gasteiger partial charge in [0.25, 0.3) is 5.91 Å². The van der Waals surface area contributed by atoms with Crippen molar-refractivity contribution < 1.29 is 4.79 Å². The summed E-state index contributed by atoms with van der Waals surface area (Å²) in [6.45, 7) is 5.58. The van der Waals surface area contributed by atoms with Gasteiger partial charge in [0.05, 0.1) is 6.20 Å². The summed E-state index contributed by atoms with van der Waals surface area (Å²) in [7, 11) is 2.07. The normalized spacial score (nSPS) is 21.6. The third kappa shape index (κ3) is 5.35. The maximum absolute atomic E-state index is 12.7. The number of amides is 1. The zero-order valence-electron chi connectivity index (χ0n) is 18.8. The molecule has 0 bridgehead atoms. The van der Waals surface area contributed by atoms with E-state index >= 15 is 0 Å². The number of nitrogens with one attached hydrogen (secondary N) is 2. The number of hydrogen-bond acceptors (Lipinski definition) is 7. The van der Waals surface area contributed by atoms with Crippen LogP contribution in [0.25, 0.3) is 0 Å². The van der Waals surface area contributed by atoms with Crippen LogP contribution in [0.4, 0.5) is 17.3 Å². The Balaban J connectivity index is 1.42. The maximum atomic E-state index is 12.7. The van der Waals surface area contributed by atoms with Crippen LogP contribution in [0.2, 0.25) is 0 Å². The summed E-state index contributed by atoms with van der Waals surface area (Å²) in [4.78, 5) is 25.7. The quantitative estimate of drug-likeness (QED) is 0.745. The SMILES string of the molecule is CC1CCC(Nc2cnc(C#N)c(Nc3ccc(C(=O)N4CCN(C)CC4)cc3)n2)CC1. The maximum Gasteiger partial charge on any atom is 0.253 e. The predicted molar refractivity (Wildman–Crippen MR) is 125 cm³/mol.